The summed E-state index contributed by atoms with van der Waals surface area (Å²) in [6.45, 7) is 0.555. The largest absolute Gasteiger partial charge is 0.342 e. The van der Waals surface area contributed by atoms with E-state index in [2.05, 4.69) is 10.0 Å². The van der Waals surface area contributed by atoms with Gasteiger partial charge in [-0.15, -0.1) is 0 Å². The molecule has 0 radical (unpaired) electrons. The van der Waals surface area contributed by atoms with Gasteiger partial charge >= 0.3 is 0 Å². The average Bonchev–Trinajstić information content (AvgIpc) is 2.81. The van der Waals surface area contributed by atoms with Crippen LogP contribution in [0.25, 0.3) is 10.4 Å². The molecule has 1 aromatic carbocycles. The van der Waals surface area contributed by atoms with Gasteiger partial charge in [-0.2, -0.15) is 0 Å². The second-order valence-electron chi connectivity index (χ2n) is 6.36. The molecule has 0 unspecified atom stereocenters. The van der Waals surface area contributed by atoms with Crippen molar-refractivity contribution in [2.24, 2.45) is 5.11 Å². The van der Waals surface area contributed by atoms with Crippen LogP contribution in [0.4, 0.5) is 5.69 Å². The Balaban J connectivity index is 1.83. The number of carbonyl (C=O) groups is 2. The highest BCUT2D eigenvalue weighted by atomic mass is 32.2. The maximum atomic E-state index is 12.8. The topological polar surface area (TPSA) is 124 Å². The predicted octanol–water partition coefficient (Wildman–Crippen LogP) is 1.47. The number of carbonyl (C=O) groups excluding carboxylic acids is 2. The lowest BCUT2D eigenvalue weighted by atomic mass is 10.0. The van der Waals surface area contributed by atoms with E-state index in [1.807, 2.05) is 0 Å². The van der Waals surface area contributed by atoms with Crippen molar-refractivity contribution in [2.45, 2.75) is 24.1 Å². The number of anilines is 1. The molecule has 1 aromatic rings. The van der Waals surface area contributed by atoms with Crippen molar-refractivity contribution >= 4 is 27.3 Å². The normalized spacial score (nSPS) is 20.8. The molecule has 0 N–H and O–H groups in total. The maximum absolute atomic E-state index is 12.8. The molecule has 2 heterocycles. The molecule has 0 aromatic heterocycles. The third-order valence-electron chi connectivity index (χ3n) is 4.95. The van der Waals surface area contributed by atoms with Gasteiger partial charge in [0.2, 0.25) is 11.8 Å². The van der Waals surface area contributed by atoms with E-state index in [4.69, 9.17) is 5.53 Å². The van der Waals surface area contributed by atoms with E-state index < -0.39 is 26.4 Å². The van der Waals surface area contributed by atoms with Crippen molar-refractivity contribution in [3.8, 4) is 0 Å². The number of azide groups is 1. The number of nitrogens with zero attached hydrogens (tertiary/aromatic N) is 5. The van der Waals surface area contributed by atoms with Gasteiger partial charge in [0.25, 0.3) is 0 Å². The van der Waals surface area contributed by atoms with Crippen LogP contribution < -0.4 is 4.90 Å². The van der Waals surface area contributed by atoms with Gasteiger partial charge in [-0.25, -0.2) is 8.42 Å². The fraction of sp³-hybridized carbons (Fsp3) is 0.500. The third kappa shape index (κ3) is 3.02. The van der Waals surface area contributed by atoms with Gasteiger partial charge < -0.3 is 4.90 Å². The van der Waals surface area contributed by atoms with E-state index in [1.54, 1.807) is 35.2 Å². The van der Waals surface area contributed by atoms with Gasteiger partial charge in [-0.1, -0.05) is 23.3 Å². The van der Waals surface area contributed by atoms with E-state index in [-0.39, 0.29) is 44.8 Å². The first-order valence-electron chi connectivity index (χ1n) is 8.30. The highest BCUT2D eigenvalue weighted by Gasteiger charge is 2.59. The molecule has 2 fully saturated rings. The zero-order valence-electron chi connectivity index (χ0n) is 14.1. The fourth-order valence-electron chi connectivity index (χ4n) is 3.67. The zero-order chi connectivity index (χ0) is 18.8. The Kier molecular flexibility index (Phi) is 4.88. The number of hydrogen-bond acceptors (Lipinski definition) is 5. The summed E-state index contributed by atoms with van der Waals surface area (Å²) in [5.41, 5.74) is 8.84. The average molecular weight is 377 g/mol. The van der Waals surface area contributed by atoms with Crippen molar-refractivity contribution < 1.29 is 18.0 Å². The maximum Gasteiger partial charge on any atom is 0.243 e. The van der Waals surface area contributed by atoms with Crippen LogP contribution in [0.15, 0.2) is 35.4 Å². The minimum absolute atomic E-state index is 0.0733. The molecule has 10 heteroatoms. The summed E-state index contributed by atoms with van der Waals surface area (Å²) in [6.07, 6.45) is 0.428. The second-order valence-corrected chi connectivity index (χ2v) is 8.63. The molecule has 26 heavy (non-hydrogen) atoms. The monoisotopic (exact) mass is 377 g/mol. The molecule has 0 bridgehead atoms. The van der Waals surface area contributed by atoms with Crippen molar-refractivity contribution in [3.05, 3.63) is 40.8 Å². The number of likely N-dealkylation sites (tertiary alicyclic amines) is 1. The highest BCUT2D eigenvalue weighted by molar-refractivity contribution is 7.94. The zero-order valence-corrected chi connectivity index (χ0v) is 14.9. The predicted molar refractivity (Wildman–Crippen MR) is 94.9 cm³/mol. The molecule has 1 spiro atoms. The molecule has 2 aliphatic rings. The third-order valence-corrected chi connectivity index (χ3v) is 7.33. The van der Waals surface area contributed by atoms with Crippen LogP contribution in [0, 0.1) is 0 Å². The fourth-order valence-corrected chi connectivity index (χ4v) is 5.69. The molecular formula is C16H19N5O4S. The van der Waals surface area contributed by atoms with Gasteiger partial charge in [0.15, 0.2) is 14.7 Å². The molecule has 0 aliphatic carbocycles. The van der Waals surface area contributed by atoms with Crippen molar-refractivity contribution in [3.63, 3.8) is 0 Å². The molecule has 2 aliphatic heterocycles. The van der Waals surface area contributed by atoms with Gasteiger partial charge in [-0.05, 0) is 17.7 Å². The summed E-state index contributed by atoms with van der Waals surface area (Å²) in [7, 11) is -3.65. The number of piperidine rings is 1. The van der Waals surface area contributed by atoms with Gasteiger partial charge in [-0.3, -0.25) is 14.5 Å². The summed E-state index contributed by atoms with van der Waals surface area (Å²) < 4.78 is 25.6. The standard InChI is InChI=1S/C16H19N5O4S/c17-19-18-9-6-14(22)20-10-7-16(8-11-20)21(13-4-2-1-3-5-13)15(23)12-26(16,24)25/h1-5H,6-12H2. The lowest BCUT2D eigenvalue weighted by Gasteiger charge is -2.43. The van der Waals surface area contributed by atoms with Gasteiger partial charge in [0.1, 0.15) is 5.75 Å². The molecule has 138 valence electrons. The van der Waals surface area contributed by atoms with Crippen molar-refractivity contribution in [1.82, 2.24) is 4.90 Å². The molecular weight excluding hydrogens is 358 g/mol. The Morgan fingerprint density at radius 2 is 1.88 bits per heavy atom. The minimum Gasteiger partial charge on any atom is -0.342 e. The number of amides is 2. The summed E-state index contributed by atoms with van der Waals surface area (Å²) in [5.74, 6) is -1.12. The molecule has 3 rings (SSSR count). The van der Waals surface area contributed by atoms with Crippen LogP contribution in [-0.4, -0.2) is 55.4 Å². The minimum atomic E-state index is -3.65. The van der Waals surface area contributed by atoms with Crippen molar-refractivity contribution in [2.75, 3.05) is 30.3 Å². The van der Waals surface area contributed by atoms with E-state index in [9.17, 15) is 18.0 Å². The smallest absolute Gasteiger partial charge is 0.243 e. The first-order chi connectivity index (χ1) is 12.4. The van der Waals surface area contributed by atoms with E-state index in [0.29, 0.717) is 5.69 Å². The van der Waals surface area contributed by atoms with Crippen LogP contribution in [0.5, 0.6) is 0 Å². The number of sulfone groups is 1. The van der Waals surface area contributed by atoms with Crippen LogP contribution in [0.1, 0.15) is 19.3 Å². The summed E-state index contributed by atoms with van der Waals surface area (Å²) in [4.78, 5) is 28.9. The van der Waals surface area contributed by atoms with Crippen LogP contribution >= 0.6 is 0 Å². The first kappa shape index (κ1) is 18.2. The van der Waals surface area contributed by atoms with Crippen LogP contribution in [-0.2, 0) is 19.4 Å². The van der Waals surface area contributed by atoms with Gasteiger partial charge in [0.05, 0.1) is 0 Å². The highest BCUT2D eigenvalue weighted by Crippen LogP contribution is 2.42. The lowest BCUT2D eigenvalue weighted by Crippen LogP contribution is -2.57. The molecule has 9 nitrogen and oxygen atoms in total. The quantitative estimate of drug-likeness (QED) is 0.447. The number of rotatable bonds is 4. The first-order valence-corrected chi connectivity index (χ1v) is 9.95. The molecule has 2 saturated heterocycles. The number of para-hydroxylation sites is 1. The summed E-state index contributed by atoms with van der Waals surface area (Å²) in [5, 5.41) is 3.35. The van der Waals surface area contributed by atoms with Gasteiger partial charge in [0, 0.05) is 49.5 Å². The summed E-state index contributed by atoms with van der Waals surface area (Å²) in [6, 6.07) is 8.76. The van der Waals surface area contributed by atoms with E-state index >= 15 is 0 Å². The number of hydrogen-bond donors (Lipinski definition) is 0. The molecule has 0 saturated carbocycles. The SMILES string of the molecule is [N-]=[N+]=NCCC(=O)N1CCC2(CC1)N(c1ccccc1)C(=O)CS2(=O)=O. The molecule has 0 atom stereocenters. The Morgan fingerprint density at radius 3 is 2.50 bits per heavy atom. The Bertz CT molecular complexity index is 856. The summed E-state index contributed by atoms with van der Waals surface area (Å²) >= 11 is 0. The van der Waals surface area contributed by atoms with Crippen molar-refractivity contribution in [1.29, 1.82) is 0 Å². The Labute approximate surface area is 151 Å². The second kappa shape index (κ2) is 6.97. The van der Waals surface area contributed by atoms with E-state index in [0.717, 1.165) is 0 Å². The Hall–Kier alpha value is -2.58. The van der Waals surface area contributed by atoms with Crippen LogP contribution in [0.3, 0.4) is 0 Å². The van der Waals surface area contributed by atoms with E-state index in [1.165, 1.54) is 4.90 Å². The number of benzene rings is 1. The lowest BCUT2D eigenvalue weighted by molar-refractivity contribution is -0.132. The van der Waals surface area contributed by atoms with Crippen LogP contribution in [0.2, 0.25) is 0 Å². The molecule has 2 amide bonds. The Morgan fingerprint density at radius 1 is 1.23 bits per heavy atom.